The van der Waals surface area contributed by atoms with Gasteiger partial charge in [-0.1, -0.05) is 6.92 Å². The third kappa shape index (κ3) is 3.69. The van der Waals surface area contributed by atoms with Gasteiger partial charge in [-0.2, -0.15) is 0 Å². The zero-order chi connectivity index (χ0) is 23.2. The Labute approximate surface area is 184 Å². The van der Waals surface area contributed by atoms with Crippen molar-refractivity contribution in [1.82, 2.24) is 14.9 Å². The number of aromatic nitrogens is 2. The molecule has 168 valence electrons. The van der Waals surface area contributed by atoms with Crippen LogP contribution in [0.3, 0.4) is 0 Å². The van der Waals surface area contributed by atoms with Crippen LogP contribution in [0.25, 0.3) is 11.4 Å². The minimum atomic E-state index is -0.946. The van der Waals surface area contributed by atoms with Crippen LogP contribution in [0.5, 0.6) is 0 Å². The van der Waals surface area contributed by atoms with Crippen LogP contribution < -0.4 is 5.32 Å². The Bertz CT molecular complexity index is 1110. The van der Waals surface area contributed by atoms with Gasteiger partial charge in [0.1, 0.15) is 11.4 Å². The predicted octanol–water partition coefficient (Wildman–Crippen LogP) is 4.50. The van der Waals surface area contributed by atoms with Crippen molar-refractivity contribution in [2.45, 2.75) is 51.6 Å². The van der Waals surface area contributed by atoms with Crippen LogP contribution >= 0.6 is 0 Å². The molecule has 3 unspecified atom stereocenters. The standard InChI is InChI=1S/C22H24F2N6O2/c1-11-4-15-8-22(7-11,20(26)32-13(3)25)30(15)21(31)29-18-6-16(12(2)5-17(18)24)19-27-9-14(23)10-28-19/h5-6,9-11,15,25-26H,4,7-8H2,1-3H3,(H,29,31). The number of hydrogen-bond donors (Lipinski definition) is 3. The molecule has 32 heavy (non-hydrogen) atoms. The number of benzene rings is 1. The second kappa shape index (κ2) is 7.92. The molecule has 2 aliphatic rings. The topological polar surface area (TPSA) is 115 Å². The summed E-state index contributed by atoms with van der Waals surface area (Å²) < 4.78 is 33.1. The number of likely N-dealkylation sites (tertiary alicyclic amines) is 1. The lowest BCUT2D eigenvalue weighted by molar-refractivity contribution is -0.0539. The molecule has 0 radical (unpaired) electrons. The fraction of sp³-hybridized carbons (Fsp3) is 0.409. The predicted molar refractivity (Wildman–Crippen MR) is 115 cm³/mol. The van der Waals surface area contributed by atoms with Crippen LogP contribution in [0.1, 0.15) is 38.7 Å². The Balaban J connectivity index is 1.62. The highest BCUT2D eigenvalue weighted by Gasteiger charge is 2.62. The second-order valence-electron chi connectivity index (χ2n) is 8.59. The molecule has 1 saturated carbocycles. The number of amides is 2. The summed E-state index contributed by atoms with van der Waals surface area (Å²) in [5.74, 6) is -0.992. The van der Waals surface area contributed by atoms with Gasteiger partial charge < -0.3 is 15.0 Å². The zero-order valence-electron chi connectivity index (χ0n) is 18.0. The fourth-order valence-corrected chi connectivity index (χ4v) is 4.85. The summed E-state index contributed by atoms with van der Waals surface area (Å²) in [5, 5.41) is 18.5. The Kier molecular flexibility index (Phi) is 5.39. The number of nitrogens with one attached hydrogen (secondary N) is 3. The zero-order valence-corrected chi connectivity index (χ0v) is 18.0. The first-order chi connectivity index (χ1) is 15.1. The molecule has 3 N–H and O–H groups in total. The number of ether oxygens (including phenoxy) is 1. The maximum absolute atomic E-state index is 14.7. The number of carbonyl (C=O) groups excluding carboxylic acids is 1. The van der Waals surface area contributed by atoms with Crippen molar-refractivity contribution >= 4 is 23.5 Å². The third-order valence-electron chi connectivity index (χ3n) is 6.07. The van der Waals surface area contributed by atoms with E-state index in [4.69, 9.17) is 15.6 Å². The lowest BCUT2D eigenvalue weighted by atomic mass is 9.64. The molecule has 4 rings (SSSR count). The molecule has 2 fully saturated rings. The molecule has 1 aromatic heterocycles. The van der Waals surface area contributed by atoms with Crippen LogP contribution in [0.15, 0.2) is 24.5 Å². The number of fused-ring (bicyclic) bond motifs is 2. The number of halogens is 2. The Morgan fingerprint density at radius 3 is 2.59 bits per heavy atom. The second-order valence-corrected chi connectivity index (χ2v) is 8.59. The first-order valence-electron chi connectivity index (χ1n) is 10.3. The summed E-state index contributed by atoms with van der Waals surface area (Å²) in [6.45, 7) is 5.15. The van der Waals surface area contributed by atoms with Gasteiger partial charge in [0, 0.05) is 24.9 Å². The van der Waals surface area contributed by atoms with Gasteiger partial charge in [0.05, 0.1) is 18.1 Å². The highest BCUT2D eigenvalue weighted by molar-refractivity contribution is 6.00. The van der Waals surface area contributed by atoms with Crippen LogP contribution in [-0.2, 0) is 4.74 Å². The van der Waals surface area contributed by atoms with E-state index in [0.717, 1.165) is 18.8 Å². The molecule has 1 aromatic carbocycles. The molecule has 10 heteroatoms. The smallest absolute Gasteiger partial charge is 0.323 e. The van der Waals surface area contributed by atoms with E-state index in [1.165, 1.54) is 24.0 Å². The average Bonchev–Trinajstić information content (AvgIpc) is 2.69. The van der Waals surface area contributed by atoms with Crippen molar-refractivity contribution in [3.8, 4) is 11.4 Å². The van der Waals surface area contributed by atoms with Gasteiger partial charge in [-0.25, -0.2) is 23.5 Å². The quantitative estimate of drug-likeness (QED) is 0.480. The van der Waals surface area contributed by atoms with Crippen molar-refractivity contribution in [3.63, 3.8) is 0 Å². The summed E-state index contributed by atoms with van der Waals surface area (Å²) in [6.07, 6.45) is 3.92. The first-order valence-corrected chi connectivity index (χ1v) is 10.3. The van der Waals surface area contributed by atoms with Gasteiger partial charge in [-0.15, -0.1) is 0 Å². The highest BCUT2D eigenvalue weighted by Crippen LogP contribution is 2.50. The van der Waals surface area contributed by atoms with Gasteiger partial charge in [0.25, 0.3) is 0 Å². The number of piperidine rings is 1. The van der Waals surface area contributed by atoms with Gasteiger partial charge in [-0.3, -0.25) is 10.8 Å². The number of rotatable bonds is 3. The Morgan fingerprint density at radius 1 is 1.25 bits per heavy atom. The molecule has 3 atom stereocenters. The van der Waals surface area contributed by atoms with Crippen LogP contribution in [0.2, 0.25) is 0 Å². The summed E-state index contributed by atoms with van der Waals surface area (Å²) in [4.78, 5) is 22.6. The molecule has 8 nitrogen and oxygen atoms in total. The van der Waals surface area contributed by atoms with Crippen molar-refractivity contribution in [3.05, 3.63) is 41.7 Å². The molecule has 2 bridgehead atoms. The highest BCUT2D eigenvalue weighted by atomic mass is 19.1. The number of nitrogens with zero attached hydrogens (tertiary/aromatic N) is 3. The number of carbonyl (C=O) groups is 1. The average molecular weight is 442 g/mol. The minimum Gasteiger partial charge on any atom is -0.428 e. The summed E-state index contributed by atoms with van der Waals surface area (Å²) in [7, 11) is 0. The first kappa shape index (κ1) is 21.8. The minimum absolute atomic E-state index is 0.0626. The number of hydrogen-bond acceptors (Lipinski definition) is 6. The van der Waals surface area contributed by atoms with Crippen molar-refractivity contribution in [1.29, 1.82) is 10.8 Å². The van der Waals surface area contributed by atoms with E-state index >= 15 is 0 Å². The van der Waals surface area contributed by atoms with E-state index in [-0.39, 0.29) is 35.3 Å². The normalized spacial score (nSPS) is 23.8. The van der Waals surface area contributed by atoms with Gasteiger partial charge in [0.15, 0.2) is 17.5 Å². The van der Waals surface area contributed by atoms with E-state index in [1.807, 2.05) is 0 Å². The SMILES string of the molecule is CC(=N)OC(=N)C12CC(C)CC(C1)N2C(=O)Nc1cc(-c2ncc(F)cn2)c(C)cc1F. The van der Waals surface area contributed by atoms with Crippen LogP contribution in [0.4, 0.5) is 19.3 Å². The maximum Gasteiger partial charge on any atom is 0.323 e. The molecule has 2 amide bonds. The molecule has 1 saturated heterocycles. The van der Waals surface area contributed by atoms with Crippen LogP contribution in [0, 0.1) is 35.3 Å². The molecule has 2 heterocycles. The van der Waals surface area contributed by atoms with E-state index in [1.54, 1.807) is 6.92 Å². The maximum atomic E-state index is 14.7. The van der Waals surface area contributed by atoms with E-state index < -0.39 is 23.2 Å². The van der Waals surface area contributed by atoms with E-state index in [9.17, 15) is 13.6 Å². The molecule has 1 aliphatic carbocycles. The summed E-state index contributed by atoms with van der Waals surface area (Å²) in [6, 6.07) is 2.04. The van der Waals surface area contributed by atoms with E-state index in [2.05, 4.69) is 22.2 Å². The fourth-order valence-electron chi connectivity index (χ4n) is 4.85. The number of anilines is 1. The molecular formula is C22H24F2N6O2. The van der Waals surface area contributed by atoms with Gasteiger partial charge in [-0.05, 0) is 43.4 Å². The molecule has 0 spiro atoms. The number of aryl methyl sites for hydroxylation is 1. The van der Waals surface area contributed by atoms with E-state index in [0.29, 0.717) is 24.0 Å². The Hall–Kier alpha value is -3.43. The van der Waals surface area contributed by atoms with Crippen molar-refractivity contribution in [2.24, 2.45) is 5.92 Å². The number of urea groups is 1. The summed E-state index contributed by atoms with van der Waals surface area (Å²) >= 11 is 0. The van der Waals surface area contributed by atoms with Crippen molar-refractivity contribution in [2.75, 3.05) is 5.32 Å². The summed E-state index contributed by atoms with van der Waals surface area (Å²) in [5.41, 5.74) is -0.00898. The Morgan fingerprint density at radius 2 is 1.94 bits per heavy atom. The van der Waals surface area contributed by atoms with Gasteiger partial charge in [0.2, 0.25) is 5.90 Å². The largest absolute Gasteiger partial charge is 0.428 e. The lowest BCUT2D eigenvalue weighted by Gasteiger charge is -2.62. The monoisotopic (exact) mass is 442 g/mol. The molecular weight excluding hydrogens is 418 g/mol. The van der Waals surface area contributed by atoms with Gasteiger partial charge >= 0.3 is 6.03 Å². The molecule has 1 aliphatic heterocycles. The lowest BCUT2D eigenvalue weighted by Crippen LogP contribution is -2.75. The third-order valence-corrected chi connectivity index (χ3v) is 6.07. The molecule has 2 aromatic rings. The van der Waals surface area contributed by atoms with Crippen LogP contribution in [-0.4, -0.2) is 44.3 Å². The van der Waals surface area contributed by atoms with Crippen molar-refractivity contribution < 1.29 is 18.3 Å².